The second-order valence-corrected chi connectivity index (χ2v) is 8.13. The summed E-state index contributed by atoms with van der Waals surface area (Å²) in [4.78, 5) is 21.4. The molecule has 1 atom stereocenters. The Morgan fingerprint density at radius 3 is 1.64 bits per heavy atom. The third-order valence-electron chi connectivity index (χ3n) is 5.36. The highest BCUT2D eigenvalue weighted by Crippen LogP contribution is 2.13. The summed E-state index contributed by atoms with van der Waals surface area (Å²) in [6, 6.07) is 0. The number of rotatable bonds is 23. The summed E-state index contributed by atoms with van der Waals surface area (Å²) in [6.45, 7) is 2.91. The molecule has 0 aromatic carbocycles. The molecule has 28 heavy (non-hydrogen) atoms. The lowest BCUT2D eigenvalue weighted by Crippen LogP contribution is -2.15. The summed E-state index contributed by atoms with van der Waals surface area (Å²) in [5, 5.41) is 8.59. The van der Waals surface area contributed by atoms with Crippen molar-refractivity contribution in [2.75, 3.05) is 6.61 Å². The number of carbonyl (C=O) groups excluding carboxylic acids is 1. The summed E-state index contributed by atoms with van der Waals surface area (Å²) in [7, 11) is 0. The molecule has 0 aromatic rings. The van der Waals surface area contributed by atoms with Crippen molar-refractivity contribution in [3.63, 3.8) is 0 Å². The van der Waals surface area contributed by atoms with Crippen molar-refractivity contribution in [1.82, 2.24) is 0 Å². The molecule has 0 aromatic heterocycles. The molecule has 0 radical (unpaired) electrons. The van der Waals surface area contributed by atoms with Gasteiger partial charge in [-0.05, 0) is 25.7 Å². The molecule has 0 amide bonds. The number of carbonyl (C=O) groups is 2. The zero-order valence-electron chi connectivity index (χ0n) is 18.5. The standard InChI is InChI=1S/C24H46O4/c1-2-3-4-5-6-7-8-9-10-11-12-13-14-15-18-21-28-23(22-25)19-16-17-20-24(26)27/h22-23H,2-21H2,1H3,(H,26,27). The van der Waals surface area contributed by atoms with Gasteiger partial charge in [0.1, 0.15) is 12.4 Å². The van der Waals surface area contributed by atoms with Crippen LogP contribution >= 0.6 is 0 Å². The lowest BCUT2D eigenvalue weighted by molar-refractivity contribution is -0.137. The van der Waals surface area contributed by atoms with Gasteiger partial charge >= 0.3 is 5.97 Å². The molecule has 0 fully saturated rings. The van der Waals surface area contributed by atoms with Crippen LogP contribution in [0.2, 0.25) is 0 Å². The van der Waals surface area contributed by atoms with Gasteiger partial charge in [0.2, 0.25) is 0 Å². The minimum atomic E-state index is -0.777. The van der Waals surface area contributed by atoms with Crippen LogP contribution in [-0.2, 0) is 14.3 Å². The van der Waals surface area contributed by atoms with Crippen LogP contribution in [0.4, 0.5) is 0 Å². The van der Waals surface area contributed by atoms with Crippen molar-refractivity contribution >= 4 is 12.3 Å². The van der Waals surface area contributed by atoms with Crippen LogP contribution in [0, 0.1) is 0 Å². The number of carboxylic acids is 1. The van der Waals surface area contributed by atoms with Gasteiger partial charge in [-0.2, -0.15) is 0 Å². The molecule has 0 aliphatic heterocycles. The molecule has 0 bridgehead atoms. The van der Waals surface area contributed by atoms with E-state index in [2.05, 4.69) is 6.92 Å². The molecule has 0 aliphatic rings. The van der Waals surface area contributed by atoms with Crippen LogP contribution in [0.3, 0.4) is 0 Å². The summed E-state index contributed by atoms with van der Waals surface area (Å²) < 4.78 is 5.60. The Morgan fingerprint density at radius 2 is 1.21 bits per heavy atom. The topological polar surface area (TPSA) is 63.6 Å². The first-order valence-electron chi connectivity index (χ1n) is 12.0. The minimum Gasteiger partial charge on any atom is -0.481 e. The molecule has 0 spiro atoms. The summed E-state index contributed by atoms with van der Waals surface area (Å²) in [5.41, 5.74) is 0. The van der Waals surface area contributed by atoms with Gasteiger partial charge in [0, 0.05) is 13.0 Å². The summed E-state index contributed by atoms with van der Waals surface area (Å²) >= 11 is 0. The Balaban J connectivity index is 3.23. The highest BCUT2D eigenvalue weighted by Gasteiger charge is 2.07. The van der Waals surface area contributed by atoms with Gasteiger partial charge in [0.25, 0.3) is 0 Å². The van der Waals surface area contributed by atoms with E-state index < -0.39 is 5.97 Å². The maximum absolute atomic E-state index is 11.0. The van der Waals surface area contributed by atoms with E-state index in [0.717, 1.165) is 19.1 Å². The third-order valence-corrected chi connectivity index (χ3v) is 5.36. The minimum absolute atomic E-state index is 0.171. The second-order valence-electron chi connectivity index (χ2n) is 8.13. The predicted molar refractivity (Wildman–Crippen MR) is 117 cm³/mol. The predicted octanol–water partition coefficient (Wildman–Crippen LogP) is 7.09. The average molecular weight is 399 g/mol. The molecule has 4 nitrogen and oxygen atoms in total. The number of hydrogen-bond donors (Lipinski definition) is 1. The molecule has 0 heterocycles. The smallest absolute Gasteiger partial charge is 0.303 e. The van der Waals surface area contributed by atoms with E-state index in [1.807, 2.05) is 0 Å². The quantitative estimate of drug-likeness (QED) is 0.147. The Labute approximate surface area is 173 Å². The molecular formula is C24H46O4. The van der Waals surface area contributed by atoms with Crippen LogP contribution in [0.1, 0.15) is 129 Å². The summed E-state index contributed by atoms with van der Waals surface area (Å²) in [5.74, 6) is -0.777. The first kappa shape index (κ1) is 27.1. The van der Waals surface area contributed by atoms with Crippen molar-refractivity contribution in [3.8, 4) is 0 Å². The van der Waals surface area contributed by atoms with E-state index in [1.54, 1.807) is 0 Å². The number of carboxylic acid groups (broad SMARTS) is 1. The fourth-order valence-electron chi connectivity index (χ4n) is 3.52. The van der Waals surface area contributed by atoms with E-state index in [4.69, 9.17) is 9.84 Å². The Kier molecular flexibility index (Phi) is 21.7. The van der Waals surface area contributed by atoms with E-state index in [0.29, 0.717) is 19.4 Å². The molecule has 0 aliphatic carbocycles. The fourth-order valence-corrected chi connectivity index (χ4v) is 3.52. The van der Waals surface area contributed by atoms with Crippen molar-refractivity contribution in [1.29, 1.82) is 0 Å². The van der Waals surface area contributed by atoms with Crippen LogP contribution in [0.25, 0.3) is 0 Å². The zero-order valence-corrected chi connectivity index (χ0v) is 18.5. The second kappa shape index (κ2) is 22.4. The highest BCUT2D eigenvalue weighted by atomic mass is 16.5. The largest absolute Gasteiger partial charge is 0.481 e. The van der Waals surface area contributed by atoms with Crippen LogP contribution in [-0.4, -0.2) is 30.1 Å². The molecular weight excluding hydrogens is 352 g/mol. The monoisotopic (exact) mass is 398 g/mol. The Morgan fingerprint density at radius 1 is 0.750 bits per heavy atom. The van der Waals surface area contributed by atoms with Crippen LogP contribution in [0.15, 0.2) is 0 Å². The molecule has 166 valence electrons. The Bertz CT molecular complexity index is 343. The van der Waals surface area contributed by atoms with Gasteiger partial charge in [-0.25, -0.2) is 0 Å². The van der Waals surface area contributed by atoms with Gasteiger partial charge < -0.3 is 14.6 Å². The molecule has 1 N–H and O–H groups in total. The maximum atomic E-state index is 11.0. The number of ether oxygens (including phenoxy) is 1. The molecule has 0 saturated carbocycles. The van der Waals surface area contributed by atoms with E-state index in [-0.39, 0.29) is 12.5 Å². The normalized spacial score (nSPS) is 12.2. The van der Waals surface area contributed by atoms with Gasteiger partial charge in [-0.15, -0.1) is 0 Å². The number of aldehydes is 1. The zero-order chi connectivity index (χ0) is 20.7. The average Bonchev–Trinajstić information content (AvgIpc) is 2.69. The maximum Gasteiger partial charge on any atom is 0.303 e. The lowest BCUT2D eigenvalue weighted by Gasteiger charge is -2.11. The van der Waals surface area contributed by atoms with E-state index in [9.17, 15) is 9.59 Å². The van der Waals surface area contributed by atoms with Crippen LogP contribution in [0.5, 0.6) is 0 Å². The lowest BCUT2D eigenvalue weighted by atomic mass is 10.0. The summed E-state index contributed by atoms with van der Waals surface area (Å²) in [6.07, 6.45) is 22.7. The van der Waals surface area contributed by atoms with Gasteiger partial charge in [-0.3, -0.25) is 4.79 Å². The van der Waals surface area contributed by atoms with E-state index in [1.165, 1.54) is 89.9 Å². The first-order valence-corrected chi connectivity index (χ1v) is 12.0. The fraction of sp³-hybridized carbons (Fsp3) is 0.917. The highest BCUT2D eigenvalue weighted by molar-refractivity contribution is 5.66. The number of unbranched alkanes of at least 4 members (excludes halogenated alkanes) is 15. The third kappa shape index (κ3) is 21.4. The van der Waals surface area contributed by atoms with Crippen molar-refractivity contribution in [2.24, 2.45) is 0 Å². The van der Waals surface area contributed by atoms with Gasteiger partial charge in [0.15, 0.2) is 0 Å². The molecule has 0 saturated heterocycles. The van der Waals surface area contributed by atoms with Crippen LogP contribution < -0.4 is 0 Å². The number of aliphatic carboxylic acids is 1. The number of hydrogen-bond acceptors (Lipinski definition) is 3. The first-order chi connectivity index (χ1) is 13.7. The molecule has 1 unspecified atom stereocenters. The van der Waals surface area contributed by atoms with E-state index >= 15 is 0 Å². The Hall–Kier alpha value is -0.900. The molecule has 0 rings (SSSR count). The van der Waals surface area contributed by atoms with Crippen molar-refractivity contribution < 1.29 is 19.4 Å². The van der Waals surface area contributed by atoms with Crippen molar-refractivity contribution in [3.05, 3.63) is 0 Å². The SMILES string of the molecule is CCCCCCCCCCCCCCCCCOC(C=O)CCCCC(=O)O. The van der Waals surface area contributed by atoms with Gasteiger partial charge in [0.05, 0.1) is 0 Å². The van der Waals surface area contributed by atoms with Gasteiger partial charge in [-0.1, -0.05) is 96.8 Å². The van der Waals surface area contributed by atoms with Crippen molar-refractivity contribution in [2.45, 2.75) is 135 Å². The molecule has 4 heteroatoms.